The summed E-state index contributed by atoms with van der Waals surface area (Å²) in [6.07, 6.45) is 0. The van der Waals surface area contributed by atoms with Crippen molar-refractivity contribution < 1.29 is 13.9 Å². The van der Waals surface area contributed by atoms with Gasteiger partial charge in [-0.1, -0.05) is 26.0 Å². The maximum atomic E-state index is 13.2. The van der Waals surface area contributed by atoms with E-state index in [1.54, 1.807) is 19.1 Å². The van der Waals surface area contributed by atoms with Crippen LogP contribution in [0.1, 0.15) is 46.5 Å². The molecule has 8 heteroatoms. The molecule has 0 saturated carbocycles. The third-order valence-corrected chi connectivity index (χ3v) is 5.77. The lowest BCUT2D eigenvalue weighted by molar-refractivity contribution is 0.0605. The molecule has 0 aliphatic rings. The van der Waals surface area contributed by atoms with Crippen molar-refractivity contribution in [2.24, 2.45) is 5.92 Å². The Morgan fingerprint density at radius 2 is 2.00 bits per heavy atom. The minimum atomic E-state index is -0.476. The number of rotatable bonds is 6. The number of hydrogen-bond donors (Lipinski definition) is 2. The SMILES string of the molecule is COC(=O)c1sc2nc(CN[C@@H](c3ccc(F)cc3)C(C)C)[nH]c(=O)c2c1C. The van der Waals surface area contributed by atoms with Crippen molar-refractivity contribution in [1.29, 1.82) is 0 Å². The van der Waals surface area contributed by atoms with Crippen molar-refractivity contribution in [3.63, 3.8) is 0 Å². The van der Waals surface area contributed by atoms with Crippen LogP contribution in [0.3, 0.4) is 0 Å². The summed E-state index contributed by atoms with van der Waals surface area (Å²) in [4.78, 5) is 32.6. The maximum absolute atomic E-state index is 13.2. The average Bonchev–Trinajstić information content (AvgIpc) is 2.99. The molecule has 0 bridgehead atoms. The largest absolute Gasteiger partial charge is 0.465 e. The molecule has 3 aromatic rings. The van der Waals surface area contributed by atoms with Gasteiger partial charge < -0.3 is 15.0 Å². The lowest BCUT2D eigenvalue weighted by Gasteiger charge is -2.22. The highest BCUT2D eigenvalue weighted by Crippen LogP contribution is 2.28. The molecule has 2 N–H and O–H groups in total. The fraction of sp³-hybridized carbons (Fsp3) is 0.350. The van der Waals surface area contributed by atoms with Crippen molar-refractivity contribution in [2.45, 2.75) is 33.4 Å². The maximum Gasteiger partial charge on any atom is 0.348 e. The van der Waals surface area contributed by atoms with Crippen LogP contribution in [0.5, 0.6) is 0 Å². The van der Waals surface area contributed by atoms with Crippen LogP contribution in [0.25, 0.3) is 10.2 Å². The van der Waals surface area contributed by atoms with Gasteiger partial charge in [0, 0.05) is 6.04 Å². The van der Waals surface area contributed by atoms with E-state index in [1.165, 1.54) is 19.2 Å². The van der Waals surface area contributed by atoms with E-state index >= 15 is 0 Å². The Morgan fingerprint density at radius 1 is 1.32 bits per heavy atom. The van der Waals surface area contributed by atoms with E-state index in [1.807, 2.05) is 0 Å². The van der Waals surface area contributed by atoms with E-state index in [0.717, 1.165) is 16.9 Å². The summed E-state index contributed by atoms with van der Waals surface area (Å²) < 4.78 is 18.0. The van der Waals surface area contributed by atoms with Gasteiger partial charge >= 0.3 is 5.97 Å². The Morgan fingerprint density at radius 3 is 2.61 bits per heavy atom. The second kappa shape index (κ2) is 8.20. The van der Waals surface area contributed by atoms with Gasteiger partial charge in [-0.2, -0.15) is 0 Å². The second-order valence-electron chi connectivity index (χ2n) is 6.89. The van der Waals surface area contributed by atoms with Crippen molar-refractivity contribution in [3.05, 3.63) is 62.3 Å². The number of nitrogens with one attached hydrogen (secondary N) is 2. The lowest BCUT2D eigenvalue weighted by Crippen LogP contribution is -2.27. The van der Waals surface area contributed by atoms with E-state index in [2.05, 4.69) is 29.1 Å². The number of fused-ring (bicyclic) bond motifs is 1. The summed E-state index contributed by atoms with van der Waals surface area (Å²) in [6, 6.07) is 6.33. The first-order valence-corrected chi connectivity index (χ1v) is 9.73. The van der Waals surface area contributed by atoms with Gasteiger partial charge in [-0.3, -0.25) is 4.79 Å². The molecule has 0 radical (unpaired) electrons. The highest BCUT2D eigenvalue weighted by atomic mass is 32.1. The first-order chi connectivity index (χ1) is 13.3. The number of nitrogens with zero attached hydrogens (tertiary/aromatic N) is 1. The molecule has 2 heterocycles. The first-order valence-electron chi connectivity index (χ1n) is 8.91. The predicted molar refractivity (Wildman–Crippen MR) is 107 cm³/mol. The summed E-state index contributed by atoms with van der Waals surface area (Å²) in [5, 5.41) is 3.79. The minimum Gasteiger partial charge on any atom is -0.465 e. The number of esters is 1. The van der Waals surface area contributed by atoms with Crippen LogP contribution in [0.4, 0.5) is 4.39 Å². The number of aryl methyl sites for hydroxylation is 1. The van der Waals surface area contributed by atoms with E-state index < -0.39 is 5.97 Å². The van der Waals surface area contributed by atoms with Gasteiger partial charge in [0.25, 0.3) is 5.56 Å². The molecule has 1 aromatic carbocycles. The second-order valence-corrected chi connectivity index (χ2v) is 7.89. The third-order valence-electron chi connectivity index (χ3n) is 4.61. The fourth-order valence-electron chi connectivity index (χ4n) is 3.17. The molecule has 0 spiro atoms. The van der Waals surface area contributed by atoms with Gasteiger partial charge in [0.15, 0.2) is 0 Å². The zero-order chi connectivity index (χ0) is 20.4. The molecule has 0 amide bonds. The van der Waals surface area contributed by atoms with E-state index in [9.17, 15) is 14.0 Å². The summed E-state index contributed by atoms with van der Waals surface area (Å²) in [7, 11) is 1.31. The molecule has 0 aliphatic carbocycles. The normalized spacial score (nSPS) is 12.5. The average molecular weight is 403 g/mol. The molecule has 0 saturated heterocycles. The van der Waals surface area contributed by atoms with Gasteiger partial charge in [0.05, 0.1) is 19.0 Å². The number of benzene rings is 1. The summed E-state index contributed by atoms with van der Waals surface area (Å²) in [6.45, 7) is 6.16. The topological polar surface area (TPSA) is 84.1 Å². The van der Waals surface area contributed by atoms with E-state index in [0.29, 0.717) is 33.0 Å². The molecule has 0 fully saturated rings. The Kier molecular flexibility index (Phi) is 5.90. The molecule has 148 valence electrons. The number of methoxy groups -OCH3 is 1. The Bertz CT molecular complexity index is 1060. The molecule has 6 nitrogen and oxygen atoms in total. The zero-order valence-electron chi connectivity index (χ0n) is 16.1. The van der Waals surface area contributed by atoms with E-state index in [4.69, 9.17) is 4.74 Å². The number of thiophene rings is 1. The Hall–Kier alpha value is -2.58. The van der Waals surface area contributed by atoms with Crippen molar-refractivity contribution in [2.75, 3.05) is 7.11 Å². The van der Waals surface area contributed by atoms with Gasteiger partial charge in [0.1, 0.15) is 21.3 Å². The van der Waals surface area contributed by atoms with Gasteiger partial charge in [-0.15, -0.1) is 11.3 Å². The van der Waals surface area contributed by atoms with Crippen molar-refractivity contribution in [3.8, 4) is 0 Å². The number of aromatic amines is 1. The quantitative estimate of drug-likeness (QED) is 0.613. The summed E-state index contributed by atoms with van der Waals surface area (Å²) in [5.74, 6) is -0.0355. The van der Waals surface area contributed by atoms with Gasteiger partial charge in [-0.25, -0.2) is 14.2 Å². The van der Waals surface area contributed by atoms with Crippen LogP contribution in [-0.2, 0) is 11.3 Å². The summed E-state index contributed by atoms with van der Waals surface area (Å²) >= 11 is 1.15. The minimum absolute atomic E-state index is 0.0303. The molecule has 1 atom stereocenters. The lowest BCUT2D eigenvalue weighted by atomic mass is 9.96. The number of hydrogen-bond acceptors (Lipinski definition) is 6. The smallest absolute Gasteiger partial charge is 0.348 e. The zero-order valence-corrected chi connectivity index (χ0v) is 16.9. The fourth-order valence-corrected chi connectivity index (χ4v) is 4.29. The van der Waals surface area contributed by atoms with Crippen LogP contribution >= 0.6 is 11.3 Å². The summed E-state index contributed by atoms with van der Waals surface area (Å²) in [5.41, 5.74) is 1.25. The van der Waals surface area contributed by atoms with E-state index in [-0.39, 0.29) is 23.3 Å². The number of ether oxygens (including phenoxy) is 1. The van der Waals surface area contributed by atoms with Crippen LogP contribution in [0.15, 0.2) is 29.1 Å². The Balaban J connectivity index is 1.88. The van der Waals surface area contributed by atoms with Crippen LogP contribution in [-0.4, -0.2) is 23.0 Å². The molecule has 28 heavy (non-hydrogen) atoms. The highest BCUT2D eigenvalue weighted by molar-refractivity contribution is 7.20. The number of halogens is 1. The number of H-pyrrole nitrogens is 1. The molecule has 0 aliphatic heterocycles. The van der Waals surface area contributed by atoms with Crippen LogP contribution < -0.4 is 10.9 Å². The third kappa shape index (κ3) is 3.98. The van der Waals surface area contributed by atoms with Crippen molar-refractivity contribution >= 4 is 27.5 Å². The van der Waals surface area contributed by atoms with Gasteiger partial charge in [-0.05, 0) is 36.1 Å². The van der Waals surface area contributed by atoms with Gasteiger partial charge in [0.2, 0.25) is 0 Å². The first kappa shape index (κ1) is 20.2. The number of carbonyl (C=O) groups is 1. The predicted octanol–water partition coefficient (Wildman–Crippen LogP) is 3.71. The van der Waals surface area contributed by atoms with Crippen LogP contribution in [0.2, 0.25) is 0 Å². The standard InChI is InChI=1S/C20H22FN3O3S/c1-10(2)16(12-5-7-13(21)8-6-12)22-9-14-23-18(25)15-11(3)17(20(26)27-4)28-19(15)24-14/h5-8,10,16,22H,9H2,1-4H3,(H,23,24,25)/t16-/m1/s1. The van der Waals surface area contributed by atoms with Crippen molar-refractivity contribution in [1.82, 2.24) is 15.3 Å². The molecular weight excluding hydrogens is 381 g/mol. The number of carbonyl (C=O) groups excluding carboxylic acids is 1. The Labute approximate surface area is 165 Å². The molecule has 2 aromatic heterocycles. The monoisotopic (exact) mass is 403 g/mol. The van der Waals surface area contributed by atoms with Crippen LogP contribution in [0, 0.1) is 18.7 Å². The number of aromatic nitrogens is 2. The molecule has 0 unspecified atom stereocenters. The molecular formula is C20H22FN3O3S. The highest BCUT2D eigenvalue weighted by Gasteiger charge is 2.20. The molecule has 3 rings (SSSR count).